The van der Waals surface area contributed by atoms with E-state index in [1.165, 1.54) is 11.3 Å². The van der Waals surface area contributed by atoms with E-state index < -0.39 is 5.85 Å². The molecule has 4 heterocycles. The van der Waals surface area contributed by atoms with Gasteiger partial charge in [-0.3, -0.25) is 4.99 Å². The normalized spacial score (nSPS) is 24.6. The van der Waals surface area contributed by atoms with Crippen LogP contribution in [0.5, 0.6) is 0 Å². The number of allylic oxidation sites excluding steroid dienone is 1. The minimum atomic E-state index is -1.42. The molecule has 0 amide bonds. The molecule has 1 atom stereocenters. The standard InChI is InChI=1S/C12H11ClN6OS/c1-6-10-17-18-12(20,19(10)3-2-14-6)11-16-7-5-15-9(13)4-8(7)21-11/h2,4-5,17-18,20H,3H2,1H3/t12-/m0/s1. The zero-order valence-electron chi connectivity index (χ0n) is 11.0. The van der Waals surface area contributed by atoms with Gasteiger partial charge in [-0.1, -0.05) is 11.6 Å². The lowest BCUT2D eigenvalue weighted by atomic mass is 10.3. The highest BCUT2D eigenvalue weighted by atomic mass is 35.5. The fraction of sp³-hybridized carbons (Fsp3) is 0.250. The molecule has 4 rings (SSSR count). The Morgan fingerprint density at radius 1 is 1.52 bits per heavy atom. The van der Waals surface area contributed by atoms with E-state index in [1.54, 1.807) is 23.4 Å². The van der Waals surface area contributed by atoms with E-state index >= 15 is 0 Å². The van der Waals surface area contributed by atoms with Crippen molar-refractivity contribution >= 4 is 39.4 Å². The molecule has 0 radical (unpaired) electrons. The minimum Gasteiger partial charge on any atom is -0.352 e. The first-order valence-electron chi connectivity index (χ1n) is 6.27. The van der Waals surface area contributed by atoms with E-state index in [0.29, 0.717) is 22.2 Å². The second-order valence-electron chi connectivity index (χ2n) is 4.77. The zero-order chi connectivity index (χ0) is 14.6. The summed E-state index contributed by atoms with van der Waals surface area (Å²) in [5, 5.41) is 11.9. The number of aromatic nitrogens is 2. The number of thiazole rings is 1. The van der Waals surface area contributed by atoms with Crippen LogP contribution in [0, 0.1) is 0 Å². The summed E-state index contributed by atoms with van der Waals surface area (Å²) in [7, 11) is 0. The fourth-order valence-electron chi connectivity index (χ4n) is 2.40. The third-order valence-electron chi connectivity index (χ3n) is 3.45. The molecular formula is C12H11ClN6OS. The van der Waals surface area contributed by atoms with Crippen LogP contribution in [-0.4, -0.2) is 32.7 Å². The number of pyridine rings is 1. The first kappa shape index (κ1) is 13.0. The molecule has 2 aliphatic rings. The number of halogens is 1. The van der Waals surface area contributed by atoms with Crippen LogP contribution < -0.4 is 10.9 Å². The molecule has 0 unspecified atom stereocenters. The van der Waals surface area contributed by atoms with Crippen molar-refractivity contribution in [1.82, 2.24) is 25.7 Å². The lowest BCUT2D eigenvalue weighted by Gasteiger charge is -2.31. The summed E-state index contributed by atoms with van der Waals surface area (Å²) in [5.41, 5.74) is 7.36. The number of fused-ring (bicyclic) bond motifs is 2. The second kappa shape index (κ2) is 4.38. The number of rotatable bonds is 1. The second-order valence-corrected chi connectivity index (χ2v) is 6.19. The fourth-order valence-corrected chi connectivity index (χ4v) is 3.65. The van der Waals surface area contributed by atoms with Crippen LogP contribution in [0.15, 0.2) is 28.8 Å². The molecule has 1 fully saturated rings. The number of hydrogen-bond acceptors (Lipinski definition) is 8. The average Bonchev–Trinajstić information content (AvgIpc) is 3.02. The van der Waals surface area contributed by atoms with Gasteiger partial charge in [-0.25, -0.2) is 9.97 Å². The Morgan fingerprint density at radius 2 is 2.38 bits per heavy atom. The summed E-state index contributed by atoms with van der Waals surface area (Å²) >= 11 is 7.26. The van der Waals surface area contributed by atoms with Crippen LogP contribution >= 0.6 is 22.9 Å². The van der Waals surface area contributed by atoms with Crippen LogP contribution in [0.1, 0.15) is 11.9 Å². The summed E-state index contributed by atoms with van der Waals surface area (Å²) < 4.78 is 0.875. The van der Waals surface area contributed by atoms with Gasteiger partial charge >= 0.3 is 0 Å². The molecule has 0 spiro atoms. The molecule has 9 heteroatoms. The van der Waals surface area contributed by atoms with E-state index in [1.807, 2.05) is 6.92 Å². The largest absolute Gasteiger partial charge is 0.352 e. The summed E-state index contributed by atoms with van der Waals surface area (Å²) in [6.07, 6.45) is 3.35. The van der Waals surface area contributed by atoms with Gasteiger partial charge in [0.25, 0.3) is 5.85 Å². The van der Waals surface area contributed by atoms with Gasteiger partial charge in [-0.15, -0.1) is 11.3 Å². The van der Waals surface area contributed by atoms with Crippen LogP contribution in [0.25, 0.3) is 10.2 Å². The number of hydrazine groups is 1. The van der Waals surface area contributed by atoms with Gasteiger partial charge in [0, 0.05) is 6.21 Å². The Balaban J connectivity index is 1.82. The van der Waals surface area contributed by atoms with Gasteiger partial charge in [-0.2, -0.15) is 5.43 Å². The Hall–Kier alpha value is -1.74. The maximum absolute atomic E-state index is 11.0. The molecule has 0 saturated carbocycles. The highest BCUT2D eigenvalue weighted by molar-refractivity contribution is 7.18. The zero-order valence-corrected chi connectivity index (χ0v) is 12.5. The van der Waals surface area contributed by atoms with Gasteiger partial charge in [-0.05, 0) is 13.0 Å². The number of nitrogens with zero attached hydrogens (tertiary/aromatic N) is 4. The van der Waals surface area contributed by atoms with Crippen LogP contribution in [0.3, 0.4) is 0 Å². The van der Waals surface area contributed by atoms with Crippen molar-refractivity contribution in [3.8, 4) is 0 Å². The maximum Gasteiger partial charge on any atom is 0.269 e. The predicted molar refractivity (Wildman–Crippen MR) is 80.5 cm³/mol. The van der Waals surface area contributed by atoms with Gasteiger partial charge in [0.05, 0.1) is 23.1 Å². The molecule has 1 saturated heterocycles. The summed E-state index contributed by atoms with van der Waals surface area (Å²) in [4.78, 5) is 14.5. The Kier molecular flexibility index (Phi) is 2.70. The number of hydrogen-bond donors (Lipinski definition) is 3. The first-order chi connectivity index (χ1) is 10.1. The van der Waals surface area contributed by atoms with Crippen LogP contribution in [0.2, 0.25) is 5.15 Å². The molecule has 3 N–H and O–H groups in total. The van der Waals surface area contributed by atoms with E-state index in [4.69, 9.17) is 11.6 Å². The van der Waals surface area contributed by atoms with Gasteiger partial charge in [0.15, 0.2) is 5.01 Å². The maximum atomic E-state index is 11.0. The van der Waals surface area contributed by atoms with Crippen molar-refractivity contribution in [2.45, 2.75) is 12.8 Å². The molecule has 7 nitrogen and oxygen atoms in total. The Labute approximate surface area is 129 Å². The highest BCUT2D eigenvalue weighted by Gasteiger charge is 2.47. The number of nitrogens with one attached hydrogen (secondary N) is 2. The van der Waals surface area contributed by atoms with E-state index in [-0.39, 0.29) is 0 Å². The summed E-state index contributed by atoms with van der Waals surface area (Å²) in [6.45, 7) is 2.36. The molecule has 0 aliphatic carbocycles. The monoisotopic (exact) mass is 322 g/mol. The average molecular weight is 323 g/mol. The Morgan fingerprint density at radius 3 is 3.24 bits per heavy atom. The van der Waals surface area contributed by atoms with Crippen LogP contribution in [-0.2, 0) is 5.85 Å². The molecule has 2 aromatic heterocycles. The van der Waals surface area contributed by atoms with Crippen molar-refractivity contribution in [3.05, 3.63) is 33.9 Å². The third kappa shape index (κ3) is 1.84. The van der Waals surface area contributed by atoms with E-state index in [9.17, 15) is 5.11 Å². The highest BCUT2D eigenvalue weighted by Crippen LogP contribution is 2.36. The van der Waals surface area contributed by atoms with Gasteiger partial charge in [0.2, 0.25) is 0 Å². The lowest BCUT2D eigenvalue weighted by Crippen LogP contribution is -2.50. The number of aliphatic hydroxyl groups is 1. The molecule has 0 aromatic carbocycles. The smallest absolute Gasteiger partial charge is 0.269 e. The molecule has 21 heavy (non-hydrogen) atoms. The molecule has 2 aliphatic heterocycles. The van der Waals surface area contributed by atoms with Crippen LogP contribution in [0.4, 0.5) is 0 Å². The van der Waals surface area contributed by atoms with Crippen molar-refractivity contribution in [2.75, 3.05) is 6.54 Å². The summed E-state index contributed by atoms with van der Waals surface area (Å²) in [5.74, 6) is -0.672. The minimum absolute atomic E-state index is 0.406. The Bertz CT molecular complexity index is 802. The molecule has 108 valence electrons. The summed E-state index contributed by atoms with van der Waals surface area (Å²) in [6, 6.07) is 1.74. The van der Waals surface area contributed by atoms with E-state index in [2.05, 4.69) is 25.8 Å². The van der Waals surface area contributed by atoms with Crippen molar-refractivity contribution < 1.29 is 5.11 Å². The predicted octanol–water partition coefficient (Wildman–Crippen LogP) is 1.13. The van der Waals surface area contributed by atoms with Crippen molar-refractivity contribution in [3.63, 3.8) is 0 Å². The molecule has 0 bridgehead atoms. The third-order valence-corrected chi connectivity index (χ3v) is 4.77. The SMILES string of the molecule is CC1=C2NN[C@@](O)(c3nc4cnc(Cl)cc4s3)N2CC=N1. The van der Waals surface area contributed by atoms with Crippen molar-refractivity contribution in [2.24, 2.45) is 4.99 Å². The first-order valence-corrected chi connectivity index (χ1v) is 7.46. The molecule has 2 aromatic rings. The molecular weight excluding hydrogens is 312 g/mol. The van der Waals surface area contributed by atoms with Crippen molar-refractivity contribution in [1.29, 1.82) is 0 Å². The quantitative estimate of drug-likeness (QED) is 0.682. The number of aliphatic imine (C=N–C) groups is 1. The van der Waals surface area contributed by atoms with Gasteiger partial charge < -0.3 is 15.4 Å². The topological polar surface area (TPSA) is 85.7 Å². The van der Waals surface area contributed by atoms with Gasteiger partial charge in [0.1, 0.15) is 16.5 Å². The lowest BCUT2D eigenvalue weighted by molar-refractivity contribution is -0.0920. The van der Waals surface area contributed by atoms with E-state index in [0.717, 1.165) is 16.2 Å².